The molecule has 0 unspecified atom stereocenters. The van der Waals surface area contributed by atoms with Crippen LogP contribution in [0.3, 0.4) is 0 Å². The maximum atomic E-state index is 11.5. The monoisotopic (exact) mass is 346 g/mol. The van der Waals surface area contributed by atoms with Gasteiger partial charge in [-0.3, -0.25) is 9.59 Å². The molecule has 1 N–H and O–H groups in total. The van der Waals surface area contributed by atoms with E-state index >= 15 is 0 Å². The minimum absolute atomic E-state index is 0. The van der Waals surface area contributed by atoms with Crippen LogP contribution in [-0.4, -0.2) is 22.3 Å². The molecule has 0 aromatic heterocycles. The lowest BCUT2D eigenvalue weighted by atomic mass is 9.71. The molecule has 25 heavy (non-hydrogen) atoms. The minimum atomic E-state index is -1.01. The van der Waals surface area contributed by atoms with Gasteiger partial charge >= 0.3 is 0 Å². The van der Waals surface area contributed by atoms with Crippen LogP contribution in [0.15, 0.2) is 36.5 Å². The van der Waals surface area contributed by atoms with Gasteiger partial charge in [-0.25, -0.2) is 0 Å². The van der Waals surface area contributed by atoms with Crippen molar-refractivity contribution in [2.24, 2.45) is 23.2 Å². The van der Waals surface area contributed by atoms with Crippen LogP contribution in [0.2, 0.25) is 0 Å². The zero-order valence-corrected chi connectivity index (χ0v) is 14.0. The third-order valence-electron chi connectivity index (χ3n) is 6.24. The number of allylic oxidation sites excluding steroid dienone is 5. The van der Waals surface area contributed by atoms with Crippen LogP contribution in [0, 0.1) is 23.2 Å². The highest BCUT2D eigenvalue weighted by molar-refractivity contribution is 5.97. The maximum absolute atomic E-state index is 11.5. The van der Waals surface area contributed by atoms with Crippen LogP contribution in [-0.2, 0) is 9.59 Å². The van der Waals surface area contributed by atoms with Crippen molar-refractivity contribution >= 4 is 11.6 Å². The lowest BCUT2D eigenvalue weighted by Crippen LogP contribution is -2.41. The van der Waals surface area contributed by atoms with E-state index in [4.69, 9.17) is 0 Å². The molecule has 1 saturated carbocycles. The number of Topliss-reactive ketones (excluding diaryl/α,β-unsaturated/α-hetero) is 1. The summed E-state index contributed by atoms with van der Waals surface area (Å²) in [6.45, 7) is 4.13. The van der Waals surface area contributed by atoms with Crippen molar-refractivity contribution in [2.45, 2.75) is 66.4 Å². The number of hydrogen-bond donors (Lipinski definition) is 1. The molecule has 1 fully saturated rings. The lowest BCUT2D eigenvalue weighted by Gasteiger charge is -2.31. The van der Waals surface area contributed by atoms with Crippen LogP contribution < -0.4 is 0 Å². The minimum Gasteiger partial charge on any atom is -0.381 e. The number of carbonyl (C=O) groups excluding carboxylic acids is 2. The highest BCUT2D eigenvalue weighted by Crippen LogP contribution is 2.44. The third-order valence-corrected chi connectivity index (χ3v) is 6.24. The summed E-state index contributed by atoms with van der Waals surface area (Å²) >= 11 is 0. The van der Waals surface area contributed by atoms with Crippen molar-refractivity contribution in [3.8, 4) is 0 Å². The SMILES string of the molecule is C.C.C[C@@H]1CC(=O)[C@@]2(O)CC=CC[C@H]12.C[C@]12CC=CC[C@@H]1C=CC2=O. The number of ketones is 2. The summed E-state index contributed by atoms with van der Waals surface area (Å²) < 4.78 is 0. The summed E-state index contributed by atoms with van der Waals surface area (Å²) in [6, 6.07) is 0. The topological polar surface area (TPSA) is 54.4 Å². The first-order valence-electron chi connectivity index (χ1n) is 8.66. The lowest BCUT2D eigenvalue weighted by molar-refractivity contribution is -0.136. The Kier molecular flexibility index (Phi) is 6.74. The summed E-state index contributed by atoms with van der Waals surface area (Å²) in [4.78, 5) is 22.9. The average molecular weight is 347 g/mol. The van der Waals surface area contributed by atoms with Crippen LogP contribution >= 0.6 is 0 Å². The van der Waals surface area contributed by atoms with E-state index in [0.717, 1.165) is 19.3 Å². The second kappa shape index (κ2) is 7.82. The second-order valence-electron chi connectivity index (χ2n) is 7.71. The zero-order chi connectivity index (χ0) is 16.7. The fraction of sp³-hybridized carbons (Fsp3) is 0.636. The van der Waals surface area contributed by atoms with Gasteiger partial charge in [0.15, 0.2) is 11.6 Å². The highest BCUT2D eigenvalue weighted by Gasteiger charge is 2.51. The molecule has 0 radical (unpaired) electrons. The molecular weight excluding hydrogens is 312 g/mol. The first-order valence-corrected chi connectivity index (χ1v) is 8.66. The van der Waals surface area contributed by atoms with Gasteiger partial charge in [-0.05, 0) is 37.2 Å². The molecule has 4 aliphatic carbocycles. The average Bonchev–Trinajstić information content (AvgIpc) is 2.95. The van der Waals surface area contributed by atoms with E-state index in [1.54, 1.807) is 6.08 Å². The van der Waals surface area contributed by atoms with Crippen molar-refractivity contribution in [3.05, 3.63) is 36.5 Å². The van der Waals surface area contributed by atoms with Gasteiger partial charge in [0, 0.05) is 24.2 Å². The zero-order valence-electron chi connectivity index (χ0n) is 14.0. The van der Waals surface area contributed by atoms with Crippen LogP contribution in [0.25, 0.3) is 0 Å². The van der Waals surface area contributed by atoms with Crippen molar-refractivity contribution in [1.82, 2.24) is 0 Å². The van der Waals surface area contributed by atoms with Gasteiger partial charge in [0.25, 0.3) is 0 Å². The Morgan fingerprint density at radius 2 is 1.68 bits per heavy atom. The van der Waals surface area contributed by atoms with E-state index in [9.17, 15) is 14.7 Å². The number of fused-ring (bicyclic) bond motifs is 2. The van der Waals surface area contributed by atoms with Crippen molar-refractivity contribution in [3.63, 3.8) is 0 Å². The molecule has 0 spiro atoms. The van der Waals surface area contributed by atoms with Crippen molar-refractivity contribution in [2.75, 3.05) is 0 Å². The van der Waals surface area contributed by atoms with E-state index in [1.165, 1.54) is 0 Å². The largest absolute Gasteiger partial charge is 0.381 e. The van der Waals surface area contributed by atoms with Crippen molar-refractivity contribution < 1.29 is 14.7 Å². The van der Waals surface area contributed by atoms with Crippen LogP contribution in [0.5, 0.6) is 0 Å². The van der Waals surface area contributed by atoms with Gasteiger partial charge in [0.05, 0.1) is 0 Å². The van der Waals surface area contributed by atoms with Crippen molar-refractivity contribution in [1.29, 1.82) is 0 Å². The summed E-state index contributed by atoms with van der Waals surface area (Å²) in [5.41, 5.74) is -1.09. The van der Waals surface area contributed by atoms with E-state index in [2.05, 4.69) is 38.2 Å². The first kappa shape index (κ1) is 21.6. The molecule has 140 valence electrons. The fourth-order valence-corrected chi connectivity index (χ4v) is 4.44. The smallest absolute Gasteiger partial charge is 0.165 e. The van der Waals surface area contributed by atoms with Gasteiger partial charge in [-0.2, -0.15) is 0 Å². The number of aliphatic hydroxyl groups is 1. The molecule has 0 saturated heterocycles. The third kappa shape index (κ3) is 3.57. The molecule has 0 aromatic rings. The summed E-state index contributed by atoms with van der Waals surface area (Å²) in [5, 5.41) is 10.0. The molecule has 3 heteroatoms. The number of rotatable bonds is 0. The Balaban J connectivity index is 0.000000232. The van der Waals surface area contributed by atoms with Gasteiger partial charge < -0.3 is 5.11 Å². The Morgan fingerprint density at radius 1 is 1.04 bits per heavy atom. The molecule has 3 nitrogen and oxygen atoms in total. The van der Waals surface area contributed by atoms with E-state index in [0.29, 0.717) is 30.5 Å². The van der Waals surface area contributed by atoms with Gasteiger partial charge in [0.1, 0.15) is 5.60 Å². The van der Waals surface area contributed by atoms with Crippen LogP contribution in [0.4, 0.5) is 0 Å². The normalized spacial score (nSPS) is 40.4. The first-order chi connectivity index (χ1) is 10.9. The van der Waals surface area contributed by atoms with Gasteiger partial charge in [0.2, 0.25) is 0 Å². The Hall–Kier alpha value is -1.48. The second-order valence-corrected chi connectivity index (χ2v) is 7.71. The standard InChI is InChI=1S/C10H14O2.C10H12O.2CH4/c1-7-6-9(11)10(12)5-3-2-4-8(7)10;1-10-7-3-2-4-8(10)5-6-9(10)11;;/h2-3,7-8,12H,4-6H2,1H3;2-3,5-6,8H,4,7H2,1H3;2*1H4/t7-,8-,10-;8-,10+;;/m11../s1. The molecule has 4 aliphatic rings. The van der Waals surface area contributed by atoms with Crippen LogP contribution in [0.1, 0.15) is 60.8 Å². The summed E-state index contributed by atoms with van der Waals surface area (Å²) in [7, 11) is 0. The summed E-state index contributed by atoms with van der Waals surface area (Å²) in [6.07, 6.45) is 16.0. The molecule has 0 bridgehead atoms. The Bertz CT molecular complexity index is 600. The highest BCUT2D eigenvalue weighted by atomic mass is 16.3. The predicted molar refractivity (Wildman–Crippen MR) is 103 cm³/mol. The maximum Gasteiger partial charge on any atom is 0.165 e. The molecule has 0 aromatic carbocycles. The van der Waals surface area contributed by atoms with Gasteiger partial charge in [-0.1, -0.05) is 59.1 Å². The van der Waals surface area contributed by atoms with E-state index in [-0.39, 0.29) is 32.0 Å². The Morgan fingerprint density at radius 3 is 2.32 bits per heavy atom. The summed E-state index contributed by atoms with van der Waals surface area (Å²) in [5.74, 6) is 1.36. The van der Waals surface area contributed by atoms with Gasteiger partial charge in [-0.15, -0.1) is 0 Å². The molecule has 5 atom stereocenters. The predicted octanol–water partition coefficient (Wildman–Crippen LogP) is 4.66. The number of carbonyl (C=O) groups is 2. The Labute approximate surface area is 152 Å². The van der Waals surface area contributed by atoms with E-state index < -0.39 is 5.60 Å². The quantitative estimate of drug-likeness (QED) is 0.649. The number of hydrogen-bond acceptors (Lipinski definition) is 3. The molecule has 0 amide bonds. The molecular formula is C22H34O3. The molecule has 0 heterocycles. The fourth-order valence-electron chi connectivity index (χ4n) is 4.44. The molecule has 4 rings (SSSR count). The molecule has 0 aliphatic heterocycles. The van der Waals surface area contributed by atoms with E-state index in [1.807, 2.05) is 6.08 Å².